The monoisotopic (exact) mass is 464 g/mol. The Morgan fingerprint density at radius 1 is 1.03 bits per heavy atom. The average Bonchev–Trinajstić information content (AvgIpc) is 2.76. The van der Waals surface area contributed by atoms with E-state index in [-0.39, 0.29) is 0 Å². The first-order chi connectivity index (χ1) is 15.5. The van der Waals surface area contributed by atoms with Crippen LogP contribution >= 0.6 is 0 Å². The van der Waals surface area contributed by atoms with Crippen molar-refractivity contribution in [1.82, 2.24) is 0 Å². The molecule has 11 heteroatoms. The number of halogens is 7. The number of hydrogen-bond donors (Lipinski definition) is 0. The molecule has 0 saturated heterocycles. The highest BCUT2D eigenvalue weighted by molar-refractivity contribution is 6.03. The van der Waals surface area contributed by atoms with Crippen LogP contribution in [-0.2, 0) is 11.0 Å². The molecule has 0 aliphatic heterocycles. The molecule has 2 aromatic carbocycles. The van der Waals surface area contributed by atoms with E-state index in [2.05, 4.69) is 4.85 Å². The van der Waals surface area contributed by atoms with Crippen molar-refractivity contribution in [3.63, 3.8) is 0 Å². The van der Waals surface area contributed by atoms with Gasteiger partial charge in [-0.1, -0.05) is 6.07 Å². The average molecular weight is 464 g/mol. The first kappa shape index (κ1) is 23.3. The fourth-order valence-electron chi connectivity index (χ4n) is 2.85. The number of ketones is 1. The van der Waals surface area contributed by atoms with Gasteiger partial charge in [0.1, 0.15) is 17.6 Å². The molecule has 3 rings (SSSR count). The van der Waals surface area contributed by atoms with Gasteiger partial charge >= 0.3 is 6.18 Å². The Bertz CT molecular complexity index is 1330. The van der Waals surface area contributed by atoms with E-state index in [1.807, 2.05) is 0 Å². The molecule has 166 valence electrons. The molecule has 0 radical (unpaired) electrons. The summed E-state index contributed by atoms with van der Waals surface area (Å²) in [6.07, 6.45) is -2.34. The van der Waals surface area contributed by atoms with Gasteiger partial charge in [0.05, 0.1) is 23.3 Å². The summed E-state index contributed by atoms with van der Waals surface area (Å²) in [6.45, 7) is 6.65. The van der Waals surface area contributed by atoms with Crippen LogP contribution in [0.25, 0.3) is 10.4 Å². The molecule has 0 bridgehead atoms. The minimum atomic E-state index is -4.74. The number of hydrogen-bond acceptors (Lipinski definition) is 3. The van der Waals surface area contributed by atoms with Gasteiger partial charge in [0, 0.05) is 11.6 Å². The largest absolute Gasteiger partial charge is 0.457 e. The van der Waals surface area contributed by atoms with Crippen LogP contribution in [0.2, 0.25) is 0 Å². The molecule has 33 heavy (non-hydrogen) atoms. The molecular weight excluding hydrogens is 457 g/mol. The SMILES string of the molecule is [C-]#[N+]c1c(F)c(F)c(/C(C#N)=C2\C=CC(=O)C=C2Oc2cccc(C(F)(F)F)c2)c(F)c1F. The Hall–Kier alpha value is -4.38. The fraction of sp³-hybridized carbons (Fsp3) is 0.0455. The third kappa shape index (κ3) is 4.34. The Balaban J connectivity index is 2.21. The summed E-state index contributed by atoms with van der Waals surface area (Å²) in [5, 5.41) is 9.49. The Labute approximate surface area is 180 Å². The van der Waals surface area contributed by atoms with E-state index in [0.29, 0.717) is 12.1 Å². The fourth-order valence-corrected chi connectivity index (χ4v) is 2.85. The van der Waals surface area contributed by atoms with Crippen molar-refractivity contribution in [2.45, 2.75) is 6.18 Å². The Morgan fingerprint density at radius 2 is 1.67 bits per heavy atom. The molecule has 0 amide bonds. The van der Waals surface area contributed by atoms with Crippen LogP contribution < -0.4 is 4.74 Å². The lowest BCUT2D eigenvalue weighted by Gasteiger charge is -2.17. The van der Waals surface area contributed by atoms with Gasteiger partial charge in [0.25, 0.3) is 5.69 Å². The number of carbonyl (C=O) groups excluding carboxylic acids is 1. The third-order valence-electron chi connectivity index (χ3n) is 4.33. The normalized spacial score (nSPS) is 14.9. The lowest BCUT2D eigenvalue weighted by atomic mass is 9.94. The molecule has 0 heterocycles. The summed E-state index contributed by atoms with van der Waals surface area (Å²) in [5.74, 6) is -10.00. The van der Waals surface area contributed by atoms with E-state index in [9.17, 15) is 40.8 Å². The molecule has 0 N–H and O–H groups in total. The van der Waals surface area contributed by atoms with E-state index in [0.717, 1.165) is 30.4 Å². The lowest BCUT2D eigenvalue weighted by Crippen LogP contribution is -2.11. The van der Waals surface area contributed by atoms with Crippen molar-refractivity contribution < 1.29 is 40.3 Å². The first-order valence-electron chi connectivity index (χ1n) is 8.67. The zero-order valence-corrected chi connectivity index (χ0v) is 15.9. The number of nitriles is 1. The van der Waals surface area contributed by atoms with Crippen molar-refractivity contribution in [2.75, 3.05) is 0 Å². The van der Waals surface area contributed by atoms with Crippen LogP contribution in [0, 0.1) is 41.2 Å². The van der Waals surface area contributed by atoms with Gasteiger partial charge in [-0.15, -0.1) is 0 Å². The Morgan fingerprint density at radius 3 is 2.21 bits per heavy atom. The standard InChI is InChI=1S/C22H7F7N2O2/c1-31-21-19(25)17(23)16(18(24)20(21)26)14(9-30)13-6-5-11(32)8-15(13)33-12-4-2-3-10(7-12)22(27,28)29/h2-8H/b14-13+. The molecule has 4 nitrogen and oxygen atoms in total. The first-order valence-corrected chi connectivity index (χ1v) is 8.67. The summed E-state index contributed by atoms with van der Waals surface area (Å²) in [5.41, 5.74) is -5.72. The van der Waals surface area contributed by atoms with Crippen molar-refractivity contribution in [3.05, 3.63) is 99.6 Å². The summed E-state index contributed by atoms with van der Waals surface area (Å²) in [6, 6.07) is 4.72. The van der Waals surface area contributed by atoms with E-state index in [4.69, 9.17) is 11.3 Å². The molecule has 1 aliphatic carbocycles. The summed E-state index contributed by atoms with van der Waals surface area (Å²) in [4.78, 5) is 14.2. The maximum atomic E-state index is 14.5. The number of benzene rings is 2. The maximum absolute atomic E-state index is 14.5. The molecule has 0 fully saturated rings. The summed E-state index contributed by atoms with van der Waals surface area (Å²) in [7, 11) is 0. The number of nitrogens with zero attached hydrogens (tertiary/aromatic N) is 2. The van der Waals surface area contributed by atoms with Crippen molar-refractivity contribution in [3.8, 4) is 11.8 Å². The van der Waals surface area contributed by atoms with Crippen LogP contribution in [0.1, 0.15) is 11.1 Å². The maximum Gasteiger partial charge on any atom is 0.416 e. The molecule has 1 aliphatic rings. The van der Waals surface area contributed by atoms with Crippen LogP contribution in [0.15, 0.2) is 53.8 Å². The van der Waals surface area contributed by atoms with Crippen LogP contribution in [0.4, 0.5) is 36.4 Å². The minimum absolute atomic E-state index is 0.448. The highest BCUT2D eigenvalue weighted by atomic mass is 19.4. The van der Waals surface area contributed by atoms with E-state index in [1.54, 1.807) is 0 Å². The number of allylic oxidation sites excluding steroid dienone is 4. The summed E-state index contributed by atoms with van der Waals surface area (Å²) < 4.78 is 101. The van der Waals surface area contributed by atoms with Crippen molar-refractivity contribution in [1.29, 1.82) is 5.26 Å². The van der Waals surface area contributed by atoms with Crippen LogP contribution in [0.5, 0.6) is 5.75 Å². The number of alkyl halides is 3. The van der Waals surface area contributed by atoms with Crippen molar-refractivity contribution >= 4 is 17.0 Å². The highest BCUT2D eigenvalue weighted by Crippen LogP contribution is 2.38. The Kier molecular flexibility index (Phi) is 6.09. The van der Waals surface area contributed by atoms with Gasteiger partial charge in [-0.25, -0.2) is 22.4 Å². The molecule has 0 saturated carbocycles. The van der Waals surface area contributed by atoms with Crippen molar-refractivity contribution in [2.24, 2.45) is 0 Å². The zero-order valence-electron chi connectivity index (χ0n) is 15.9. The highest BCUT2D eigenvalue weighted by Gasteiger charge is 2.32. The molecule has 0 unspecified atom stereocenters. The second-order valence-corrected chi connectivity index (χ2v) is 6.36. The minimum Gasteiger partial charge on any atom is -0.457 e. The van der Waals surface area contributed by atoms with E-state index in [1.165, 1.54) is 6.07 Å². The van der Waals surface area contributed by atoms with Crippen LogP contribution in [-0.4, -0.2) is 5.78 Å². The molecule has 0 atom stereocenters. The van der Waals surface area contributed by atoms with Gasteiger partial charge in [-0.2, -0.15) is 18.4 Å². The second kappa shape index (κ2) is 8.63. The van der Waals surface area contributed by atoms with E-state index >= 15 is 0 Å². The van der Waals surface area contributed by atoms with Gasteiger partial charge in [-0.05, 0) is 30.4 Å². The zero-order chi connectivity index (χ0) is 24.5. The topological polar surface area (TPSA) is 54.5 Å². The lowest BCUT2D eigenvalue weighted by molar-refractivity contribution is -0.137. The predicted molar refractivity (Wildman–Crippen MR) is 99.4 cm³/mol. The smallest absolute Gasteiger partial charge is 0.416 e. The molecular formula is C22H7F7N2O2. The predicted octanol–water partition coefficient (Wildman–Crippen LogP) is 6.19. The van der Waals surface area contributed by atoms with Gasteiger partial charge < -0.3 is 4.74 Å². The number of ether oxygens (including phenoxy) is 1. The van der Waals surface area contributed by atoms with Crippen LogP contribution in [0.3, 0.4) is 0 Å². The van der Waals surface area contributed by atoms with E-state index < -0.39 is 74.7 Å². The third-order valence-corrected chi connectivity index (χ3v) is 4.33. The molecule has 0 spiro atoms. The van der Waals surface area contributed by atoms with Gasteiger partial charge in [0.2, 0.25) is 0 Å². The summed E-state index contributed by atoms with van der Waals surface area (Å²) >= 11 is 0. The molecule has 2 aromatic rings. The second-order valence-electron chi connectivity index (χ2n) is 6.36. The van der Waals surface area contributed by atoms with Gasteiger partial charge in [-0.3, -0.25) is 4.79 Å². The quantitative estimate of drug-likeness (QED) is 0.236. The number of rotatable bonds is 3. The van der Waals surface area contributed by atoms with Gasteiger partial charge in [0.15, 0.2) is 29.1 Å². The molecule has 0 aromatic heterocycles. The number of carbonyl (C=O) groups is 1.